The van der Waals surface area contributed by atoms with Crippen molar-refractivity contribution in [2.75, 3.05) is 61.2 Å². The maximum absolute atomic E-state index is 14.4. The number of nitrogens with zero attached hydrogens (tertiary/aromatic N) is 2. The molecular formula is C42H74F4N2O9. The zero-order chi connectivity index (χ0) is 42.8. The van der Waals surface area contributed by atoms with Crippen LogP contribution in [0.25, 0.3) is 0 Å². The number of carbonyl (C=O) groups is 5. The first kappa shape index (κ1) is 54.0. The van der Waals surface area contributed by atoms with E-state index < -0.39 is 36.6 Å². The maximum atomic E-state index is 14.4. The van der Waals surface area contributed by atoms with E-state index >= 15 is 0 Å². The topological polar surface area (TPSA) is 129 Å². The van der Waals surface area contributed by atoms with Crippen LogP contribution < -0.4 is 0 Å². The number of amides is 1. The summed E-state index contributed by atoms with van der Waals surface area (Å²) in [4.78, 5) is 62.9. The lowest BCUT2D eigenvalue weighted by molar-refractivity contribution is -0.173. The Morgan fingerprint density at radius 3 is 1.18 bits per heavy atom. The van der Waals surface area contributed by atoms with E-state index in [2.05, 4.69) is 9.47 Å². The van der Waals surface area contributed by atoms with E-state index in [0.29, 0.717) is 90.1 Å². The van der Waals surface area contributed by atoms with Crippen LogP contribution in [0.1, 0.15) is 167 Å². The van der Waals surface area contributed by atoms with Crippen molar-refractivity contribution >= 4 is 29.8 Å². The summed E-state index contributed by atoms with van der Waals surface area (Å²) < 4.78 is 76.3. The van der Waals surface area contributed by atoms with Crippen LogP contribution >= 0.6 is 0 Å². The molecule has 0 N–H and O–H groups in total. The molecule has 334 valence electrons. The molecule has 0 radical (unpaired) electrons. The monoisotopic (exact) mass is 827 g/mol. The number of alkyl halides is 4. The number of hydrogen-bond acceptors (Lipinski definition) is 10. The minimum absolute atomic E-state index is 0.00228. The highest BCUT2D eigenvalue weighted by Gasteiger charge is 2.40. The number of hydrogen-bond donors (Lipinski definition) is 0. The zero-order valence-corrected chi connectivity index (χ0v) is 35.5. The summed E-state index contributed by atoms with van der Waals surface area (Å²) in [5, 5.41) is 0. The highest BCUT2D eigenvalue weighted by atomic mass is 19.3. The molecule has 0 unspecified atom stereocenters. The van der Waals surface area contributed by atoms with Gasteiger partial charge in [-0.25, -0.2) is 9.59 Å². The molecule has 0 aliphatic carbocycles. The summed E-state index contributed by atoms with van der Waals surface area (Å²) in [7, 11) is 6.56. The number of halogens is 4. The summed E-state index contributed by atoms with van der Waals surface area (Å²) in [5.41, 5.74) is 0. The molecule has 0 heterocycles. The maximum Gasteiger partial charge on any atom is 0.376 e. The van der Waals surface area contributed by atoms with Crippen molar-refractivity contribution < 1.29 is 60.5 Å². The molecule has 0 aromatic heterocycles. The largest absolute Gasteiger partial charge is 0.469 e. The van der Waals surface area contributed by atoms with Gasteiger partial charge in [0.15, 0.2) is 0 Å². The second kappa shape index (κ2) is 33.9. The van der Waals surface area contributed by atoms with E-state index in [1.165, 1.54) is 14.2 Å². The van der Waals surface area contributed by atoms with Gasteiger partial charge in [-0.2, -0.15) is 17.6 Å². The number of rotatable bonds is 38. The lowest BCUT2D eigenvalue weighted by Gasteiger charge is -2.23. The molecule has 0 bridgehead atoms. The fraction of sp³-hybridized carbons (Fsp3) is 0.881. The average molecular weight is 827 g/mol. The van der Waals surface area contributed by atoms with Crippen LogP contribution in [0.3, 0.4) is 0 Å². The van der Waals surface area contributed by atoms with Gasteiger partial charge in [0.25, 0.3) is 0 Å². The fourth-order valence-electron chi connectivity index (χ4n) is 6.18. The van der Waals surface area contributed by atoms with E-state index in [1.54, 1.807) is 4.90 Å². The summed E-state index contributed by atoms with van der Waals surface area (Å²) in [6, 6.07) is 0. The number of ether oxygens (including phenoxy) is 4. The first-order valence-corrected chi connectivity index (χ1v) is 21.3. The standard InChI is InChI=1S/C42H74F4N2O9/c1-47(2)31-25-26-36(49)48(32-21-13-11-19-29-41(43,44)39(52)56-34-23-15-7-5-9-17-27-37(50)54-3)33-22-14-12-20-30-42(45,46)40(53)57-35-24-16-8-6-10-18-28-38(51)55-4/h5-35H2,1-4H3. The van der Waals surface area contributed by atoms with Crippen molar-refractivity contribution in [3.8, 4) is 0 Å². The predicted molar refractivity (Wildman–Crippen MR) is 211 cm³/mol. The summed E-state index contributed by atoms with van der Waals surface area (Å²) in [6.45, 7) is 1.57. The Hall–Kier alpha value is -2.97. The Morgan fingerprint density at radius 2 is 0.789 bits per heavy atom. The van der Waals surface area contributed by atoms with Gasteiger partial charge < -0.3 is 28.7 Å². The summed E-state index contributed by atoms with van der Waals surface area (Å²) in [5.74, 6) is -10.6. The van der Waals surface area contributed by atoms with Gasteiger partial charge in [0.05, 0.1) is 27.4 Å². The molecule has 57 heavy (non-hydrogen) atoms. The molecule has 0 aromatic carbocycles. The third-order valence-corrected chi connectivity index (χ3v) is 9.76. The second-order valence-corrected chi connectivity index (χ2v) is 15.2. The van der Waals surface area contributed by atoms with Gasteiger partial charge in [0.1, 0.15) is 0 Å². The number of esters is 4. The highest BCUT2D eigenvalue weighted by molar-refractivity contribution is 5.78. The number of carbonyl (C=O) groups excluding carboxylic acids is 5. The first-order chi connectivity index (χ1) is 27.2. The molecule has 0 saturated carbocycles. The lowest BCUT2D eigenvalue weighted by atomic mass is 10.1. The van der Waals surface area contributed by atoms with Gasteiger partial charge in [0, 0.05) is 45.2 Å². The predicted octanol–water partition coefficient (Wildman–Crippen LogP) is 9.22. The minimum atomic E-state index is -3.55. The number of unbranched alkanes of at least 4 members (excludes halogenated alkanes) is 16. The molecule has 15 heteroatoms. The molecule has 0 rings (SSSR count). The van der Waals surface area contributed by atoms with Crippen LogP contribution in [0.4, 0.5) is 17.6 Å². The Kier molecular flexibility index (Phi) is 32.2. The molecule has 0 saturated heterocycles. The first-order valence-electron chi connectivity index (χ1n) is 21.3. The summed E-state index contributed by atoms with van der Waals surface area (Å²) in [6.07, 6.45) is 13.5. The Bertz CT molecular complexity index is 1030. The fourth-order valence-corrected chi connectivity index (χ4v) is 6.18. The van der Waals surface area contributed by atoms with Gasteiger partial charge in [0.2, 0.25) is 5.91 Å². The van der Waals surface area contributed by atoms with Gasteiger partial charge in [-0.15, -0.1) is 0 Å². The van der Waals surface area contributed by atoms with E-state index in [4.69, 9.17) is 9.47 Å². The van der Waals surface area contributed by atoms with Crippen molar-refractivity contribution in [3.05, 3.63) is 0 Å². The third kappa shape index (κ3) is 30.7. The van der Waals surface area contributed by atoms with Gasteiger partial charge in [-0.3, -0.25) is 14.4 Å². The molecule has 0 aliphatic rings. The average Bonchev–Trinajstić information content (AvgIpc) is 3.17. The van der Waals surface area contributed by atoms with Crippen molar-refractivity contribution in [3.63, 3.8) is 0 Å². The van der Waals surface area contributed by atoms with Crippen LogP contribution in [0.15, 0.2) is 0 Å². The summed E-state index contributed by atoms with van der Waals surface area (Å²) >= 11 is 0. The van der Waals surface area contributed by atoms with Crippen LogP contribution in [0.5, 0.6) is 0 Å². The van der Waals surface area contributed by atoms with E-state index in [9.17, 15) is 41.5 Å². The van der Waals surface area contributed by atoms with Crippen LogP contribution in [-0.4, -0.2) is 113 Å². The van der Waals surface area contributed by atoms with Gasteiger partial charge in [-0.05, 0) is 78.4 Å². The Balaban J connectivity index is 4.35. The van der Waals surface area contributed by atoms with Crippen molar-refractivity contribution in [2.45, 2.75) is 179 Å². The normalized spacial score (nSPS) is 11.7. The molecule has 0 aliphatic heterocycles. The highest BCUT2D eigenvalue weighted by Crippen LogP contribution is 2.26. The Morgan fingerprint density at radius 1 is 0.439 bits per heavy atom. The van der Waals surface area contributed by atoms with Crippen molar-refractivity contribution in [1.82, 2.24) is 9.80 Å². The molecule has 0 spiro atoms. The SMILES string of the molecule is COC(=O)CCCCCCCCOC(=O)C(F)(F)CCCCCCN(CCCCCCC(F)(F)C(=O)OCCCCCCCCC(=O)OC)C(=O)CCCN(C)C. The van der Waals surface area contributed by atoms with E-state index in [-0.39, 0.29) is 43.9 Å². The third-order valence-electron chi connectivity index (χ3n) is 9.76. The lowest BCUT2D eigenvalue weighted by Crippen LogP contribution is -2.33. The van der Waals surface area contributed by atoms with Crippen molar-refractivity contribution in [2.24, 2.45) is 0 Å². The molecule has 1 amide bonds. The Labute approximate surface area is 339 Å². The van der Waals surface area contributed by atoms with E-state index in [0.717, 1.165) is 70.8 Å². The molecule has 0 atom stereocenters. The second-order valence-electron chi connectivity index (χ2n) is 15.2. The van der Waals surface area contributed by atoms with Gasteiger partial charge in [-0.1, -0.05) is 77.0 Å². The van der Waals surface area contributed by atoms with Crippen molar-refractivity contribution in [1.29, 1.82) is 0 Å². The zero-order valence-electron chi connectivity index (χ0n) is 35.5. The quantitative estimate of drug-likeness (QED) is 0.0257. The molecular weight excluding hydrogens is 752 g/mol. The molecule has 0 fully saturated rings. The van der Waals surface area contributed by atoms with Crippen LogP contribution in [-0.2, 0) is 42.9 Å². The van der Waals surface area contributed by atoms with Crippen LogP contribution in [0.2, 0.25) is 0 Å². The molecule has 11 nitrogen and oxygen atoms in total. The smallest absolute Gasteiger partial charge is 0.376 e. The minimum Gasteiger partial charge on any atom is -0.469 e. The molecule has 0 aromatic rings. The van der Waals surface area contributed by atoms with Crippen LogP contribution in [0, 0.1) is 0 Å². The van der Waals surface area contributed by atoms with E-state index in [1.807, 2.05) is 19.0 Å². The van der Waals surface area contributed by atoms with Gasteiger partial charge >= 0.3 is 35.7 Å². The number of methoxy groups -OCH3 is 2.